The van der Waals surface area contributed by atoms with Crippen LogP contribution in [0.4, 0.5) is 0 Å². The fraction of sp³-hybridized carbons (Fsp3) is 0.158. The number of hydrogen-bond donors (Lipinski definition) is 1. The minimum absolute atomic E-state index is 0.215. The second-order valence-electron chi connectivity index (χ2n) is 5.60. The van der Waals surface area contributed by atoms with E-state index >= 15 is 0 Å². The lowest BCUT2D eigenvalue weighted by atomic mass is 9.99. The average Bonchev–Trinajstić information content (AvgIpc) is 2.90. The highest BCUT2D eigenvalue weighted by atomic mass is 16.5. The molecule has 0 heterocycles. The molecule has 0 saturated carbocycles. The number of nitrogens with one attached hydrogen (secondary N) is 1. The average molecular weight is 336 g/mol. The van der Waals surface area contributed by atoms with Gasteiger partial charge in [0.25, 0.3) is 5.91 Å². The van der Waals surface area contributed by atoms with Gasteiger partial charge in [-0.05, 0) is 19.1 Å². The molecule has 1 amide bonds. The van der Waals surface area contributed by atoms with E-state index in [1.807, 2.05) is 6.07 Å². The molecule has 1 N–H and O–H groups in total. The normalized spacial score (nSPS) is 14.4. The third-order valence-corrected chi connectivity index (χ3v) is 3.87. The van der Waals surface area contributed by atoms with Gasteiger partial charge >= 0.3 is 0 Å². The lowest BCUT2D eigenvalue weighted by Gasteiger charge is -2.08. The highest BCUT2D eigenvalue weighted by Crippen LogP contribution is 2.27. The summed E-state index contributed by atoms with van der Waals surface area (Å²) in [6.07, 6.45) is 0. The molecule has 25 heavy (non-hydrogen) atoms. The van der Waals surface area contributed by atoms with Gasteiger partial charge in [0.2, 0.25) is 0 Å². The molecule has 2 aromatic rings. The van der Waals surface area contributed by atoms with Crippen LogP contribution in [0, 0.1) is 5.92 Å². The SMILES string of the molecule is CC(=NNC(=O)COc1ccccc1)C1C(=O)c2ccccc2C1=O. The van der Waals surface area contributed by atoms with Gasteiger partial charge in [0, 0.05) is 11.1 Å². The van der Waals surface area contributed by atoms with Crippen molar-refractivity contribution in [2.45, 2.75) is 6.92 Å². The number of ketones is 2. The minimum atomic E-state index is -0.979. The zero-order valence-corrected chi connectivity index (χ0v) is 13.6. The molecule has 126 valence electrons. The van der Waals surface area contributed by atoms with Crippen LogP contribution in [0.5, 0.6) is 5.75 Å². The molecular formula is C19H16N2O4. The Bertz CT molecular complexity index is 824. The first kappa shape index (κ1) is 16.6. The van der Waals surface area contributed by atoms with Crippen LogP contribution in [-0.2, 0) is 4.79 Å². The maximum atomic E-state index is 12.4. The molecule has 0 bridgehead atoms. The van der Waals surface area contributed by atoms with Gasteiger partial charge in [0.05, 0.1) is 5.71 Å². The van der Waals surface area contributed by atoms with E-state index in [9.17, 15) is 14.4 Å². The Kier molecular flexibility index (Phi) is 4.70. The summed E-state index contributed by atoms with van der Waals surface area (Å²) in [7, 11) is 0. The number of rotatable bonds is 5. The van der Waals surface area contributed by atoms with Gasteiger partial charge in [0.1, 0.15) is 11.7 Å². The van der Waals surface area contributed by atoms with Crippen molar-refractivity contribution in [1.82, 2.24) is 5.43 Å². The van der Waals surface area contributed by atoms with E-state index in [0.29, 0.717) is 16.9 Å². The zero-order chi connectivity index (χ0) is 17.8. The second kappa shape index (κ2) is 7.09. The maximum absolute atomic E-state index is 12.4. The van der Waals surface area contributed by atoms with Crippen molar-refractivity contribution >= 4 is 23.2 Å². The zero-order valence-electron chi connectivity index (χ0n) is 13.6. The van der Waals surface area contributed by atoms with Crippen LogP contribution in [0.15, 0.2) is 59.7 Å². The number of ether oxygens (including phenoxy) is 1. The van der Waals surface area contributed by atoms with Gasteiger partial charge in [-0.15, -0.1) is 0 Å². The van der Waals surface area contributed by atoms with Crippen molar-refractivity contribution in [3.8, 4) is 5.75 Å². The summed E-state index contributed by atoms with van der Waals surface area (Å²) in [6.45, 7) is 1.33. The Labute approximate surface area is 144 Å². The van der Waals surface area contributed by atoms with Crippen molar-refractivity contribution < 1.29 is 19.1 Å². The third kappa shape index (κ3) is 3.47. The van der Waals surface area contributed by atoms with E-state index in [0.717, 1.165) is 0 Å². The predicted molar refractivity (Wildman–Crippen MR) is 91.8 cm³/mol. The Morgan fingerprint density at radius 3 is 2.16 bits per heavy atom. The molecule has 0 unspecified atom stereocenters. The molecule has 0 radical (unpaired) electrons. The molecule has 6 heteroatoms. The highest BCUT2D eigenvalue weighted by Gasteiger charge is 2.40. The number of nitrogens with zero attached hydrogens (tertiary/aromatic N) is 1. The number of para-hydroxylation sites is 1. The van der Waals surface area contributed by atoms with Crippen LogP contribution in [0.3, 0.4) is 0 Å². The van der Waals surface area contributed by atoms with Crippen LogP contribution in [0.2, 0.25) is 0 Å². The predicted octanol–water partition coefficient (Wildman–Crippen LogP) is 2.25. The third-order valence-electron chi connectivity index (χ3n) is 3.87. The van der Waals surface area contributed by atoms with Gasteiger partial charge in [-0.1, -0.05) is 42.5 Å². The summed E-state index contributed by atoms with van der Waals surface area (Å²) in [5.41, 5.74) is 3.35. The van der Waals surface area contributed by atoms with Crippen molar-refractivity contribution in [3.63, 3.8) is 0 Å². The number of carbonyl (C=O) groups is 3. The van der Waals surface area contributed by atoms with Gasteiger partial charge in [-0.25, -0.2) is 5.43 Å². The fourth-order valence-corrected chi connectivity index (χ4v) is 2.64. The van der Waals surface area contributed by atoms with Gasteiger partial charge in [0.15, 0.2) is 18.2 Å². The number of amides is 1. The quantitative estimate of drug-likeness (QED) is 0.515. The monoisotopic (exact) mass is 336 g/mol. The van der Waals surface area contributed by atoms with Gasteiger partial charge in [-0.3, -0.25) is 14.4 Å². The smallest absolute Gasteiger partial charge is 0.277 e. The maximum Gasteiger partial charge on any atom is 0.277 e. The second-order valence-corrected chi connectivity index (χ2v) is 5.60. The molecule has 0 aromatic heterocycles. The van der Waals surface area contributed by atoms with Crippen LogP contribution in [-0.4, -0.2) is 29.8 Å². The number of carbonyl (C=O) groups excluding carboxylic acids is 3. The minimum Gasteiger partial charge on any atom is -0.484 e. The summed E-state index contributed by atoms with van der Waals surface area (Å²) in [4.78, 5) is 36.5. The van der Waals surface area contributed by atoms with Gasteiger partial charge in [-0.2, -0.15) is 5.10 Å². The molecule has 0 fully saturated rings. The molecule has 6 nitrogen and oxygen atoms in total. The van der Waals surface area contributed by atoms with Crippen LogP contribution in [0.1, 0.15) is 27.6 Å². The summed E-state index contributed by atoms with van der Waals surface area (Å²) in [5, 5.41) is 3.90. The summed E-state index contributed by atoms with van der Waals surface area (Å²) < 4.78 is 5.30. The van der Waals surface area contributed by atoms with E-state index in [-0.39, 0.29) is 23.9 Å². The Balaban J connectivity index is 1.62. The number of fused-ring (bicyclic) bond motifs is 1. The molecule has 3 rings (SSSR count). The standard InChI is InChI=1S/C19H16N2O4/c1-12(17-18(23)14-9-5-6-10-15(14)19(17)24)20-21-16(22)11-25-13-7-3-2-4-8-13/h2-10,17H,11H2,1H3,(H,21,22). The number of hydrazone groups is 1. The van der Waals surface area contributed by atoms with Crippen molar-refractivity contribution in [1.29, 1.82) is 0 Å². The Morgan fingerprint density at radius 1 is 1.00 bits per heavy atom. The Hall–Kier alpha value is -3.28. The van der Waals surface area contributed by atoms with Gasteiger partial charge < -0.3 is 4.74 Å². The molecule has 1 aliphatic carbocycles. The summed E-state index contributed by atoms with van der Waals surface area (Å²) in [5.74, 6) is -1.48. The first-order valence-electron chi connectivity index (χ1n) is 7.76. The lowest BCUT2D eigenvalue weighted by Crippen LogP contribution is -2.29. The van der Waals surface area contributed by atoms with Crippen LogP contribution >= 0.6 is 0 Å². The first-order valence-corrected chi connectivity index (χ1v) is 7.76. The van der Waals surface area contributed by atoms with E-state index in [4.69, 9.17) is 4.74 Å². The largest absolute Gasteiger partial charge is 0.484 e. The number of Topliss-reactive ketones (excluding diaryl/α,β-unsaturated/α-hetero) is 2. The topological polar surface area (TPSA) is 84.8 Å². The van der Waals surface area contributed by atoms with E-state index < -0.39 is 11.8 Å². The highest BCUT2D eigenvalue weighted by molar-refractivity contribution is 6.36. The summed E-state index contributed by atoms with van der Waals surface area (Å²) >= 11 is 0. The van der Waals surface area contributed by atoms with E-state index in [1.54, 1.807) is 55.5 Å². The van der Waals surface area contributed by atoms with E-state index in [2.05, 4.69) is 10.5 Å². The number of hydrogen-bond acceptors (Lipinski definition) is 5. The lowest BCUT2D eigenvalue weighted by molar-refractivity contribution is -0.123. The fourth-order valence-electron chi connectivity index (χ4n) is 2.64. The molecule has 0 saturated heterocycles. The molecule has 0 spiro atoms. The Morgan fingerprint density at radius 2 is 1.56 bits per heavy atom. The molecule has 2 aromatic carbocycles. The molecule has 0 atom stereocenters. The number of benzene rings is 2. The molecule has 1 aliphatic rings. The molecular weight excluding hydrogens is 320 g/mol. The summed E-state index contributed by atoms with van der Waals surface area (Å²) in [6, 6.07) is 15.6. The molecule has 0 aliphatic heterocycles. The van der Waals surface area contributed by atoms with Crippen molar-refractivity contribution in [3.05, 3.63) is 65.7 Å². The first-order chi connectivity index (χ1) is 12.1. The van der Waals surface area contributed by atoms with Crippen molar-refractivity contribution in [2.75, 3.05) is 6.61 Å². The van der Waals surface area contributed by atoms with Crippen molar-refractivity contribution in [2.24, 2.45) is 11.0 Å². The van der Waals surface area contributed by atoms with Crippen LogP contribution in [0.25, 0.3) is 0 Å². The van der Waals surface area contributed by atoms with E-state index in [1.165, 1.54) is 0 Å². The van der Waals surface area contributed by atoms with Crippen LogP contribution < -0.4 is 10.2 Å².